The third kappa shape index (κ3) is 3.55. The fourth-order valence-corrected chi connectivity index (χ4v) is 6.45. The van der Waals surface area contributed by atoms with E-state index in [0.717, 1.165) is 5.69 Å². The van der Waals surface area contributed by atoms with Crippen LogP contribution in [0, 0.1) is 5.82 Å². The van der Waals surface area contributed by atoms with Crippen LogP contribution in [0.15, 0.2) is 53.5 Å². The quantitative estimate of drug-likeness (QED) is 0.781. The second kappa shape index (κ2) is 7.16. The van der Waals surface area contributed by atoms with Crippen molar-refractivity contribution in [1.82, 2.24) is 0 Å². The number of para-hydroxylation sites is 2. The third-order valence-corrected chi connectivity index (χ3v) is 7.48. The number of nitrogens with zero attached hydrogens (tertiary/aromatic N) is 2. The summed E-state index contributed by atoms with van der Waals surface area (Å²) in [5.74, 6) is 0.927. The second-order valence-electron chi connectivity index (χ2n) is 6.55. The molecule has 0 radical (unpaired) electrons. The molecule has 27 heavy (non-hydrogen) atoms. The molecule has 0 N–H and O–H groups in total. The summed E-state index contributed by atoms with van der Waals surface area (Å²) in [5, 5.41) is 0.702. The SMILES string of the molecule is COc1ccccc1N1C(SCc2ccccc2F)=NC2CS(=O)(=O)CC21. The molecule has 0 saturated carbocycles. The number of hydrogen-bond acceptors (Lipinski definition) is 6. The normalized spacial score (nSPS) is 23.2. The molecule has 1 fully saturated rings. The number of ether oxygens (including phenoxy) is 1. The van der Waals surface area contributed by atoms with E-state index in [4.69, 9.17) is 4.74 Å². The summed E-state index contributed by atoms with van der Waals surface area (Å²) in [6.07, 6.45) is 0. The van der Waals surface area contributed by atoms with E-state index in [-0.39, 0.29) is 29.4 Å². The molecule has 0 bridgehead atoms. The van der Waals surface area contributed by atoms with Gasteiger partial charge in [0.15, 0.2) is 15.0 Å². The lowest BCUT2D eigenvalue weighted by molar-refractivity contribution is 0.415. The summed E-state index contributed by atoms with van der Waals surface area (Å²) in [7, 11) is -1.54. The van der Waals surface area contributed by atoms with Crippen LogP contribution in [-0.4, -0.2) is 44.3 Å². The molecule has 0 aliphatic carbocycles. The second-order valence-corrected chi connectivity index (χ2v) is 9.64. The van der Waals surface area contributed by atoms with E-state index in [1.807, 2.05) is 29.2 Å². The van der Waals surface area contributed by atoms with Crippen LogP contribution in [0.3, 0.4) is 0 Å². The predicted octanol–water partition coefficient (Wildman–Crippen LogP) is 3.11. The maximum absolute atomic E-state index is 14.0. The molecule has 2 aromatic rings. The van der Waals surface area contributed by atoms with Gasteiger partial charge in [-0.25, -0.2) is 12.8 Å². The van der Waals surface area contributed by atoms with Gasteiger partial charge in [0.25, 0.3) is 0 Å². The number of halogens is 1. The first-order chi connectivity index (χ1) is 13.0. The maximum atomic E-state index is 14.0. The Hall–Kier alpha value is -2.06. The molecule has 5 nitrogen and oxygen atoms in total. The zero-order valence-corrected chi connectivity index (χ0v) is 16.3. The number of anilines is 1. The highest BCUT2D eigenvalue weighted by atomic mass is 32.2. The monoisotopic (exact) mass is 406 g/mol. The molecule has 2 heterocycles. The largest absolute Gasteiger partial charge is 0.495 e. The lowest BCUT2D eigenvalue weighted by Crippen LogP contribution is -2.39. The Kier molecular flexibility index (Phi) is 4.86. The van der Waals surface area contributed by atoms with Gasteiger partial charge in [0.05, 0.1) is 36.4 Å². The minimum Gasteiger partial charge on any atom is -0.495 e. The van der Waals surface area contributed by atoms with Gasteiger partial charge in [0.1, 0.15) is 11.6 Å². The summed E-state index contributed by atoms with van der Waals surface area (Å²) < 4.78 is 43.7. The number of fused-ring (bicyclic) bond motifs is 1. The van der Waals surface area contributed by atoms with Crippen molar-refractivity contribution in [1.29, 1.82) is 0 Å². The van der Waals surface area contributed by atoms with Crippen molar-refractivity contribution in [2.24, 2.45) is 4.99 Å². The Morgan fingerprint density at radius 3 is 2.70 bits per heavy atom. The molecule has 2 aliphatic rings. The smallest absolute Gasteiger partial charge is 0.164 e. The van der Waals surface area contributed by atoms with Crippen LogP contribution in [0.25, 0.3) is 0 Å². The molecule has 0 aromatic heterocycles. The number of aliphatic imine (C=N–C) groups is 1. The molecular weight excluding hydrogens is 387 g/mol. The van der Waals surface area contributed by atoms with Crippen molar-refractivity contribution in [3.05, 3.63) is 59.9 Å². The zero-order valence-electron chi connectivity index (χ0n) is 14.7. The fourth-order valence-electron chi connectivity index (χ4n) is 3.50. The standard InChI is InChI=1S/C19H19FN2O3S2/c1-25-18-9-5-4-8-16(18)22-17-12-27(23,24)11-15(17)21-19(22)26-10-13-6-2-3-7-14(13)20/h2-9,15,17H,10-12H2,1H3. The van der Waals surface area contributed by atoms with E-state index in [1.54, 1.807) is 25.3 Å². The average Bonchev–Trinajstić information content (AvgIpc) is 3.12. The number of benzene rings is 2. The molecule has 2 aliphatic heterocycles. The molecule has 2 unspecified atom stereocenters. The molecule has 1 saturated heterocycles. The van der Waals surface area contributed by atoms with Crippen LogP contribution >= 0.6 is 11.8 Å². The van der Waals surface area contributed by atoms with Gasteiger partial charge in [-0.05, 0) is 23.8 Å². The number of methoxy groups -OCH3 is 1. The Bertz CT molecular complexity index is 994. The lowest BCUT2D eigenvalue weighted by atomic mass is 10.1. The van der Waals surface area contributed by atoms with Crippen molar-refractivity contribution in [3.63, 3.8) is 0 Å². The Morgan fingerprint density at radius 1 is 1.19 bits per heavy atom. The van der Waals surface area contributed by atoms with Crippen molar-refractivity contribution in [2.45, 2.75) is 17.8 Å². The summed E-state index contributed by atoms with van der Waals surface area (Å²) in [4.78, 5) is 6.62. The van der Waals surface area contributed by atoms with Crippen molar-refractivity contribution < 1.29 is 17.5 Å². The lowest BCUT2D eigenvalue weighted by Gasteiger charge is -2.27. The van der Waals surface area contributed by atoms with Gasteiger partial charge in [-0.3, -0.25) is 4.99 Å². The molecule has 8 heteroatoms. The van der Waals surface area contributed by atoms with Gasteiger partial charge in [-0.15, -0.1) is 0 Å². The number of thioether (sulfide) groups is 1. The summed E-state index contributed by atoms with van der Waals surface area (Å²) in [6, 6.07) is 13.6. The van der Waals surface area contributed by atoms with Crippen LogP contribution in [0.4, 0.5) is 10.1 Å². The minimum atomic E-state index is -3.12. The highest BCUT2D eigenvalue weighted by Crippen LogP contribution is 2.39. The van der Waals surface area contributed by atoms with Crippen LogP contribution in [0.5, 0.6) is 5.75 Å². The van der Waals surface area contributed by atoms with Crippen molar-refractivity contribution >= 4 is 32.5 Å². The van der Waals surface area contributed by atoms with E-state index >= 15 is 0 Å². The first-order valence-electron chi connectivity index (χ1n) is 8.55. The van der Waals surface area contributed by atoms with Gasteiger partial charge < -0.3 is 9.64 Å². The van der Waals surface area contributed by atoms with Gasteiger partial charge in [0.2, 0.25) is 0 Å². The van der Waals surface area contributed by atoms with Crippen LogP contribution in [-0.2, 0) is 15.6 Å². The van der Waals surface area contributed by atoms with Crippen LogP contribution in [0.2, 0.25) is 0 Å². The molecule has 2 atom stereocenters. The molecule has 142 valence electrons. The van der Waals surface area contributed by atoms with Crippen molar-refractivity contribution in [3.8, 4) is 5.75 Å². The first-order valence-corrected chi connectivity index (χ1v) is 11.4. The van der Waals surface area contributed by atoms with Crippen LogP contribution in [0.1, 0.15) is 5.56 Å². The van der Waals surface area contributed by atoms with E-state index < -0.39 is 9.84 Å². The van der Waals surface area contributed by atoms with Gasteiger partial charge >= 0.3 is 0 Å². The van der Waals surface area contributed by atoms with Gasteiger partial charge in [-0.1, -0.05) is 42.1 Å². The molecule has 4 rings (SSSR count). The minimum absolute atomic E-state index is 0.0487. The van der Waals surface area contributed by atoms with Crippen molar-refractivity contribution in [2.75, 3.05) is 23.5 Å². The number of rotatable bonds is 4. The molecular formula is C19H19FN2O3S2. The molecule has 0 amide bonds. The van der Waals surface area contributed by atoms with E-state index in [1.165, 1.54) is 17.8 Å². The number of amidine groups is 1. The van der Waals surface area contributed by atoms with E-state index in [9.17, 15) is 12.8 Å². The summed E-state index contributed by atoms with van der Waals surface area (Å²) >= 11 is 1.42. The topological polar surface area (TPSA) is 59.0 Å². The summed E-state index contributed by atoms with van der Waals surface area (Å²) in [6.45, 7) is 0. The molecule has 0 spiro atoms. The van der Waals surface area contributed by atoms with Gasteiger partial charge in [-0.2, -0.15) is 0 Å². The average molecular weight is 407 g/mol. The maximum Gasteiger partial charge on any atom is 0.164 e. The zero-order chi connectivity index (χ0) is 19.0. The molecule has 2 aromatic carbocycles. The third-order valence-electron chi connectivity index (χ3n) is 4.77. The van der Waals surface area contributed by atoms with Gasteiger partial charge in [0, 0.05) is 5.75 Å². The Labute approximate surface area is 162 Å². The van der Waals surface area contributed by atoms with Crippen LogP contribution < -0.4 is 9.64 Å². The number of hydrogen-bond donors (Lipinski definition) is 0. The van der Waals surface area contributed by atoms with E-state index in [2.05, 4.69) is 4.99 Å². The predicted molar refractivity (Wildman–Crippen MR) is 107 cm³/mol. The Balaban J connectivity index is 1.67. The highest BCUT2D eigenvalue weighted by Gasteiger charge is 2.47. The Morgan fingerprint density at radius 2 is 1.93 bits per heavy atom. The summed E-state index contributed by atoms with van der Waals surface area (Å²) in [5.41, 5.74) is 1.37. The van der Waals surface area contributed by atoms with E-state index in [0.29, 0.717) is 22.2 Å². The fraction of sp³-hybridized carbons (Fsp3) is 0.316. The highest BCUT2D eigenvalue weighted by molar-refractivity contribution is 8.13. The first kappa shape index (κ1) is 18.3. The number of sulfone groups is 1.